The Hall–Kier alpha value is -1.01. The zero-order chi connectivity index (χ0) is 13.5. The highest BCUT2D eigenvalue weighted by Gasteiger charge is 2.28. The molecule has 108 valence electrons. The molecule has 0 spiro atoms. The molecular weight excluding hydrogens is 270 g/mol. The molecule has 5 nitrogen and oxygen atoms in total. The monoisotopic (exact) mass is 291 g/mol. The van der Waals surface area contributed by atoms with Crippen LogP contribution in [0.2, 0.25) is 0 Å². The summed E-state index contributed by atoms with van der Waals surface area (Å²) in [6.45, 7) is 0. The summed E-state index contributed by atoms with van der Waals surface area (Å²) in [6.07, 6.45) is 9.83. The average Bonchev–Trinajstić information content (AvgIpc) is 3.13. The van der Waals surface area contributed by atoms with Crippen LogP contribution in [0.1, 0.15) is 74.0 Å². The van der Waals surface area contributed by atoms with E-state index in [1.165, 1.54) is 43.5 Å². The molecule has 2 N–H and O–H groups in total. The van der Waals surface area contributed by atoms with Gasteiger partial charge in [-0.2, -0.15) is 9.61 Å². The van der Waals surface area contributed by atoms with Crippen molar-refractivity contribution in [2.75, 3.05) is 0 Å². The fourth-order valence-corrected chi connectivity index (χ4v) is 4.66. The number of aromatic nitrogens is 4. The highest BCUT2D eigenvalue weighted by molar-refractivity contribution is 7.16. The van der Waals surface area contributed by atoms with Crippen LogP contribution in [0.25, 0.3) is 4.96 Å². The van der Waals surface area contributed by atoms with Gasteiger partial charge in [-0.25, -0.2) is 0 Å². The third kappa shape index (κ3) is 2.15. The van der Waals surface area contributed by atoms with Gasteiger partial charge >= 0.3 is 0 Å². The first-order valence-electron chi connectivity index (χ1n) is 7.79. The molecule has 2 aromatic heterocycles. The van der Waals surface area contributed by atoms with Crippen LogP contribution in [0.15, 0.2) is 0 Å². The van der Waals surface area contributed by atoms with E-state index in [-0.39, 0.29) is 0 Å². The first kappa shape index (κ1) is 12.7. The van der Waals surface area contributed by atoms with E-state index in [0.717, 1.165) is 23.6 Å². The van der Waals surface area contributed by atoms with Crippen LogP contribution in [0.5, 0.6) is 0 Å². The first-order chi connectivity index (χ1) is 9.81. The molecule has 2 aliphatic rings. The van der Waals surface area contributed by atoms with E-state index in [9.17, 15) is 0 Å². The van der Waals surface area contributed by atoms with Crippen molar-refractivity contribution in [1.82, 2.24) is 19.8 Å². The van der Waals surface area contributed by atoms with Gasteiger partial charge in [0.15, 0.2) is 5.82 Å². The van der Waals surface area contributed by atoms with Crippen molar-refractivity contribution in [2.24, 2.45) is 5.73 Å². The largest absolute Gasteiger partial charge is 0.328 e. The number of nitrogens with two attached hydrogens (primary N) is 1. The maximum Gasteiger partial charge on any atom is 0.234 e. The van der Waals surface area contributed by atoms with Crippen LogP contribution in [0.3, 0.4) is 0 Å². The molecule has 0 aliphatic heterocycles. The molecule has 2 fully saturated rings. The van der Waals surface area contributed by atoms with E-state index in [4.69, 9.17) is 10.8 Å². The molecule has 6 heteroatoms. The van der Waals surface area contributed by atoms with Crippen LogP contribution in [-0.4, -0.2) is 25.9 Å². The molecule has 0 aromatic carbocycles. The molecule has 0 bridgehead atoms. The normalized spacial score (nSPS) is 28.4. The van der Waals surface area contributed by atoms with Crippen molar-refractivity contribution in [3.63, 3.8) is 0 Å². The summed E-state index contributed by atoms with van der Waals surface area (Å²) in [5, 5.41) is 14.8. The highest BCUT2D eigenvalue weighted by atomic mass is 32.1. The van der Waals surface area contributed by atoms with Gasteiger partial charge in [-0.15, -0.1) is 10.2 Å². The number of fused-ring (bicyclic) bond motifs is 1. The molecule has 4 rings (SSSR count). The van der Waals surface area contributed by atoms with E-state index >= 15 is 0 Å². The van der Waals surface area contributed by atoms with Crippen molar-refractivity contribution in [3.05, 3.63) is 10.8 Å². The second-order valence-corrected chi connectivity index (χ2v) is 7.29. The number of hydrogen-bond acceptors (Lipinski definition) is 5. The quantitative estimate of drug-likeness (QED) is 0.923. The summed E-state index contributed by atoms with van der Waals surface area (Å²) in [6, 6.07) is 0.354. The van der Waals surface area contributed by atoms with Gasteiger partial charge in [-0.1, -0.05) is 30.6 Å². The van der Waals surface area contributed by atoms with Gasteiger partial charge in [0, 0.05) is 17.9 Å². The van der Waals surface area contributed by atoms with Crippen LogP contribution in [0.4, 0.5) is 0 Å². The molecule has 2 heterocycles. The molecular formula is C14H21N5S. The lowest BCUT2D eigenvalue weighted by molar-refractivity contribution is 0.422. The van der Waals surface area contributed by atoms with Crippen LogP contribution in [0, 0.1) is 0 Å². The number of hydrogen-bond donors (Lipinski definition) is 1. The molecule has 2 aliphatic carbocycles. The fourth-order valence-electron chi connectivity index (χ4n) is 3.67. The van der Waals surface area contributed by atoms with E-state index in [1.54, 1.807) is 11.3 Å². The molecule has 20 heavy (non-hydrogen) atoms. The second-order valence-electron chi connectivity index (χ2n) is 6.30. The lowest BCUT2D eigenvalue weighted by Crippen LogP contribution is -2.14. The van der Waals surface area contributed by atoms with Gasteiger partial charge in [-0.3, -0.25) is 0 Å². The summed E-state index contributed by atoms with van der Waals surface area (Å²) in [7, 11) is 0. The van der Waals surface area contributed by atoms with E-state index in [0.29, 0.717) is 17.9 Å². The second kappa shape index (κ2) is 5.07. The van der Waals surface area contributed by atoms with Crippen LogP contribution >= 0.6 is 11.3 Å². The minimum Gasteiger partial charge on any atom is -0.328 e. The fraction of sp³-hybridized carbons (Fsp3) is 0.786. The van der Waals surface area contributed by atoms with E-state index in [1.807, 2.05) is 4.52 Å². The lowest BCUT2D eigenvalue weighted by atomic mass is 9.89. The summed E-state index contributed by atoms with van der Waals surface area (Å²) in [5.41, 5.74) is 6.02. The summed E-state index contributed by atoms with van der Waals surface area (Å²) >= 11 is 1.70. The van der Waals surface area contributed by atoms with Crippen molar-refractivity contribution in [1.29, 1.82) is 0 Å². The maximum atomic E-state index is 6.02. The Balaban J connectivity index is 1.64. The molecule has 0 amide bonds. The molecule has 2 aromatic rings. The van der Waals surface area contributed by atoms with Gasteiger partial charge < -0.3 is 5.73 Å². The Kier molecular flexibility index (Phi) is 3.22. The van der Waals surface area contributed by atoms with Crippen molar-refractivity contribution in [3.8, 4) is 0 Å². The summed E-state index contributed by atoms with van der Waals surface area (Å²) < 4.78 is 2.01. The molecule has 2 atom stereocenters. The maximum absolute atomic E-state index is 6.02. The van der Waals surface area contributed by atoms with E-state index < -0.39 is 0 Å². The summed E-state index contributed by atoms with van der Waals surface area (Å²) in [5.74, 6) is 2.18. The Bertz CT molecular complexity index is 598. The number of nitrogens with zero attached hydrogens (tertiary/aromatic N) is 4. The van der Waals surface area contributed by atoms with Crippen molar-refractivity contribution >= 4 is 16.3 Å². The van der Waals surface area contributed by atoms with Crippen LogP contribution < -0.4 is 5.73 Å². The third-order valence-electron chi connectivity index (χ3n) is 4.82. The Morgan fingerprint density at radius 2 is 1.85 bits per heavy atom. The Morgan fingerprint density at radius 3 is 2.60 bits per heavy atom. The standard InChI is InChI=1S/C14H21N5S/c15-11-7-6-10(8-11)13-18-19-12(16-17-14(19)20-13)9-4-2-1-3-5-9/h9-11H,1-8,15H2. The minimum absolute atomic E-state index is 0.354. The SMILES string of the molecule is NC1CCC(c2nn3c(C4CCCCC4)nnc3s2)C1. The number of rotatable bonds is 2. The van der Waals surface area contributed by atoms with Gasteiger partial charge in [0.1, 0.15) is 5.01 Å². The average molecular weight is 291 g/mol. The smallest absolute Gasteiger partial charge is 0.234 e. The zero-order valence-electron chi connectivity index (χ0n) is 11.7. The zero-order valence-corrected chi connectivity index (χ0v) is 12.5. The van der Waals surface area contributed by atoms with Gasteiger partial charge in [0.25, 0.3) is 0 Å². The predicted molar refractivity (Wildman–Crippen MR) is 79.1 cm³/mol. The first-order valence-corrected chi connectivity index (χ1v) is 8.60. The molecule has 0 saturated heterocycles. The van der Waals surface area contributed by atoms with Gasteiger partial charge in [0.05, 0.1) is 0 Å². The third-order valence-corrected chi connectivity index (χ3v) is 5.88. The topological polar surface area (TPSA) is 69.1 Å². The van der Waals surface area contributed by atoms with Crippen molar-refractivity contribution < 1.29 is 0 Å². The molecule has 0 radical (unpaired) electrons. The van der Waals surface area contributed by atoms with Crippen molar-refractivity contribution in [2.45, 2.75) is 69.2 Å². The predicted octanol–water partition coefficient (Wildman–Crippen LogP) is 2.83. The molecule has 2 saturated carbocycles. The Labute approximate surface area is 122 Å². The minimum atomic E-state index is 0.354. The van der Waals surface area contributed by atoms with E-state index in [2.05, 4.69) is 10.2 Å². The molecule has 2 unspecified atom stereocenters. The van der Waals surface area contributed by atoms with Gasteiger partial charge in [0.2, 0.25) is 4.96 Å². The lowest BCUT2D eigenvalue weighted by Gasteiger charge is -2.18. The summed E-state index contributed by atoms with van der Waals surface area (Å²) in [4.78, 5) is 0.959. The van der Waals surface area contributed by atoms with Gasteiger partial charge in [-0.05, 0) is 32.1 Å². The Morgan fingerprint density at radius 1 is 1.00 bits per heavy atom. The van der Waals surface area contributed by atoms with Crippen LogP contribution in [-0.2, 0) is 0 Å². The highest BCUT2D eigenvalue weighted by Crippen LogP contribution is 2.37.